The van der Waals surface area contributed by atoms with E-state index in [1.807, 2.05) is 6.20 Å². The molecule has 0 aliphatic heterocycles. The van der Waals surface area contributed by atoms with E-state index in [9.17, 15) is 0 Å². The monoisotopic (exact) mass is 152 g/mol. The molecule has 0 amide bonds. The third-order valence-corrected chi connectivity index (χ3v) is 2.28. The second-order valence-corrected chi connectivity index (χ2v) is 4.09. The quantitative estimate of drug-likeness (QED) is 0.658. The molecular formula is C9H16N2. The number of nitrogens with zero attached hydrogens (tertiary/aromatic N) is 1. The molecule has 1 heterocycles. The predicted octanol–water partition coefficient (Wildman–Crippen LogP) is 2.56. The normalized spacial score (nSPS) is 14.9. The van der Waals surface area contributed by atoms with Gasteiger partial charge in [0, 0.05) is 17.8 Å². The Bertz CT molecular complexity index is 206. The van der Waals surface area contributed by atoms with Gasteiger partial charge < -0.3 is 4.98 Å². The Kier molecular flexibility index (Phi) is 2.03. The topological polar surface area (TPSA) is 28.7 Å². The molecular weight excluding hydrogens is 136 g/mol. The van der Waals surface area contributed by atoms with Crippen LogP contribution < -0.4 is 0 Å². The van der Waals surface area contributed by atoms with Gasteiger partial charge in [-0.05, 0) is 5.41 Å². The van der Waals surface area contributed by atoms with Crippen LogP contribution in [-0.4, -0.2) is 9.97 Å². The van der Waals surface area contributed by atoms with E-state index in [-0.39, 0.29) is 0 Å². The summed E-state index contributed by atoms with van der Waals surface area (Å²) in [7, 11) is 0. The lowest BCUT2D eigenvalue weighted by molar-refractivity contribution is 0.335. The van der Waals surface area contributed by atoms with Crippen LogP contribution in [0, 0.1) is 5.41 Å². The van der Waals surface area contributed by atoms with Gasteiger partial charge in [0.15, 0.2) is 0 Å². The van der Waals surface area contributed by atoms with Crippen molar-refractivity contribution in [1.82, 2.24) is 9.97 Å². The van der Waals surface area contributed by atoms with Gasteiger partial charge in [-0.3, -0.25) is 0 Å². The molecule has 1 atom stereocenters. The summed E-state index contributed by atoms with van der Waals surface area (Å²) in [6, 6.07) is 0. The van der Waals surface area contributed by atoms with E-state index in [2.05, 4.69) is 37.7 Å². The number of aromatic nitrogens is 2. The molecule has 0 saturated heterocycles. The highest BCUT2D eigenvalue weighted by Crippen LogP contribution is 2.32. The largest absolute Gasteiger partial charge is 0.348 e. The molecule has 0 unspecified atom stereocenters. The molecule has 1 N–H and O–H groups in total. The zero-order valence-corrected chi connectivity index (χ0v) is 7.68. The highest BCUT2D eigenvalue weighted by atomic mass is 14.9. The van der Waals surface area contributed by atoms with E-state index in [0.29, 0.717) is 11.3 Å². The molecule has 0 radical (unpaired) electrons. The molecule has 1 aromatic heterocycles. The summed E-state index contributed by atoms with van der Waals surface area (Å²) in [6.07, 6.45) is 3.63. The van der Waals surface area contributed by atoms with Crippen LogP contribution in [0.15, 0.2) is 12.5 Å². The Labute approximate surface area is 68.0 Å². The van der Waals surface area contributed by atoms with Crippen molar-refractivity contribution in [3.05, 3.63) is 18.2 Å². The van der Waals surface area contributed by atoms with Crippen LogP contribution in [-0.2, 0) is 0 Å². The minimum atomic E-state index is 0.312. The number of imidazole rings is 1. The van der Waals surface area contributed by atoms with Gasteiger partial charge in [-0.25, -0.2) is 4.98 Å². The van der Waals surface area contributed by atoms with Crippen molar-refractivity contribution < 1.29 is 0 Å². The molecule has 0 aliphatic carbocycles. The average molecular weight is 152 g/mol. The fourth-order valence-electron chi connectivity index (χ4n) is 0.970. The molecule has 0 aliphatic rings. The second kappa shape index (κ2) is 2.68. The number of H-pyrrole nitrogens is 1. The smallest absolute Gasteiger partial charge is 0.0921 e. The van der Waals surface area contributed by atoms with Gasteiger partial charge >= 0.3 is 0 Å². The van der Waals surface area contributed by atoms with Crippen LogP contribution >= 0.6 is 0 Å². The Morgan fingerprint density at radius 2 is 2.09 bits per heavy atom. The van der Waals surface area contributed by atoms with Crippen molar-refractivity contribution in [3.8, 4) is 0 Å². The lowest BCUT2D eigenvalue weighted by Crippen LogP contribution is -2.15. The summed E-state index contributed by atoms with van der Waals surface area (Å²) in [4.78, 5) is 7.13. The third kappa shape index (κ3) is 1.82. The van der Waals surface area contributed by atoms with Gasteiger partial charge in [0.2, 0.25) is 0 Å². The molecule has 11 heavy (non-hydrogen) atoms. The van der Waals surface area contributed by atoms with Crippen molar-refractivity contribution in [2.75, 3.05) is 0 Å². The van der Waals surface area contributed by atoms with E-state index in [1.54, 1.807) is 6.33 Å². The molecule has 0 saturated carbocycles. The first-order chi connectivity index (χ1) is 5.02. The molecule has 1 aromatic rings. The zero-order chi connectivity index (χ0) is 8.48. The Balaban J connectivity index is 2.78. The molecule has 62 valence electrons. The fourth-order valence-corrected chi connectivity index (χ4v) is 0.970. The Hall–Kier alpha value is -0.790. The molecule has 2 nitrogen and oxygen atoms in total. The van der Waals surface area contributed by atoms with Crippen LogP contribution in [0.25, 0.3) is 0 Å². The number of nitrogens with one attached hydrogen (secondary N) is 1. The van der Waals surface area contributed by atoms with Crippen LogP contribution in [0.5, 0.6) is 0 Å². The highest BCUT2D eigenvalue weighted by Gasteiger charge is 2.22. The maximum atomic E-state index is 4.00. The summed E-state index contributed by atoms with van der Waals surface area (Å²) in [5, 5.41) is 0. The van der Waals surface area contributed by atoms with Crippen LogP contribution in [0.2, 0.25) is 0 Å². The van der Waals surface area contributed by atoms with Crippen molar-refractivity contribution in [2.24, 2.45) is 5.41 Å². The van der Waals surface area contributed by atoms with Crippen molar-refractivity contribution in [2.45, 2.75) is 33.6 Å². The molecule has 0 aromatic carbocycles. The van der Waals surface area contributed by atoms with E-state index >= 15 is 0 Å². The summed E-state index contributed by atoms with van der Waals surface area (Å²) < 4.78 is 0. The molecule has 0 fully saturated rings. The number of aromatic amines is 1. The third-order valence-electron chi connectivity index (χ3n) is 2.28. The Morgan fingerprint density at radius 1 is 1.45 bits per heavy atom. The Morgan fingerprint density at radius 3 is 2.45 bits per heavy atom. The van der Waals surface area contributed by atoms with Gasteiger partial charge in [-0.2, -0.15) is 0 Å². The first-order valence-electron chi connectivity index (χ1n) is 4.00. The maximum absolute atomic E-state index is 4.00. The molecule has 2 heteroatoms. The molecule has 0 spiro atoms. The van der Waals surface area contributed by atoms with E-state index in [1.165, 1.54) is 5.69 Å². The second-order valence-electron chi connectivity index (χ2n) is 4.09. The summed E-state index contributed by atoms with van der Waals surface area (Å²) in [6.45, 7) is 8.92. The van der Waals surface area contributed by atoms with Crippen LogP contribution in [0.1, 0.15) is 39.3 Å². The van der Waals surface area contributed by atoms with Gasteiger partial charge in [0.1, 0.15) is 0 Å². The SMILES string of the molecule is C[C@H](c1cnc[nH]1)C(C)(C)C. The highest BCUT2D eigenvalue weighted by molar-refractivity contribution is 5.05. The van der Waals surface area contributed by atoms with Crippen LogP contribution in [0.3, 0.4) is 0 Å². The minimum Gasteiger partial charge on any atom is -0.348 e. The average Bonchev–Trinajstić information content (AvgIpc) is 2.34. The lowest BCUT2D eigenvalue weighted by atomic mass is 9.80. The number of rotatable bonds is 1. The minimum absolute atomic E-state index is 0.312. The standard InChI is InChI=1S/C9H16N2/c1-7(9(2,3)4)8-5-10-6-11-8/h5-7H,1-4H3,(H,10,11)/t7-/m1/s1. The fraction of sp³-hybridized carbons (Fsp3) is 0.667. The molecule has 1 rings (SSSR count). The van der Waals surface area contributed by atoms with Crippen LogP contribution in [0.4, 0.5) is 0 Å². The van der Waals surface area contributed by atoms with E-state index in [4.69, 9.17) is 0 Å². The van der Waals surface area contributed by atoms with Gasteiger partial charge in [0.05, 0.1) is 6.33 Å². The van der Waals surface area contributed by atoms with Gasteiger partial charge in [-0.1, -0.05) is 27.7 Å². The zero-order valence-electron chi connectivity index (χ0n) is 7.68. The van der Waals surface area contributed by atoms with Crippen molar-refractivity contribution in [3.63, 3.8) is 0 Å². The summed E-state index contributed by atoms with van der Waals surface area (Å²) in [5.74, 6) is 0.532. The lowest BCUT2D eigenvalue weighted by Gasteiger charge is -2.25. The summed E-state index contributed by atoms with van der Waals surface area (Å²) in [5.41, 5.74) is 1.53. The van der Waals surface area contributed by atoms with Gasteiger partial charge in [0.25, 0.3) is 0 Å². The number of hydrogen-bond acceptors (Lipinski definition) is 1. The predicted molar refractivity (Wildman–Crippen MR) is 46.5 cm³/mol. The van der Waals surface area contributed by atoms with E-state index < -0.39 is 0 Å². The van der Waals surface area contributed by atoms with Crippen molar-refractivity contribution in [1.29, 1.82) is 0 Å². The van der Waals surface area contributed by atoms with Crippen molar-refractivity contribution >= 4 is 0 Å². The first kappa shape index (κ1) is 8.31. The van der Waals surface area contributed by atoms with E-state index in [0.717, 1.165) is 0 Å². The maximum Gasteiger partial charge on any atom is 0.0921 e. The number of hydrogen-bond donors (Lipinski definition) is 1. The molecule has 0 bridgehead atoms. The first-order valence-corrected chi connectivity index (χ1v) is 4.00. The summed E-state index contributed by atoms with van der Waals surface area (Å²) >= 11 is 0. The van der Waals surface area contributed by atoms with Gasteiger partial charge in [-0.15, -0.1) is 0 Å².